The van der Waals surface area contributed by atoms with Crippen molar-refractivity contribution in [3.8, 4) is 0 Å². The van der Waals surface area contributed by atoms with Crippen LogP contribution in [-0.2, 0) is 11.8 Å². The molecule has 0 bridgehead atoms. The van der Waals surface area contributed by atoms with Crippen LogP contribution in [0.5, 0.6) is 0 Å². The number of carbonyl (C=O) groups excluding carboxylic acids is 2. The average Bonchev–Trinajstić information content (AvgIpc) is 3.13. The second-order valence-electron chi connectivity index (χ2n) is 7.20. The molecule has 7 nitrogen and oxygen atoms in total. The molecule has 0 saturated carbocycles. The van der Waals surface area contributed by atoms with E-state index in [4.69, 9.17) is 0 Å². The van der Waals surface area contributed by atoms with Crippen LogP contribution in [0.3, 0.4) is 0 Å². The molecule has 156 valence electrons. The molecule has 0 aliphatic carbocycles. The second kappa shape index (κ2) is 9.58. The van der Waals surface area contributed by atoms with Crippen molar-refractivity contribution >= 4 is 29.3 Å². The fraction of sp³-hybridized carbons (Fsp3) is 0.273. The number of anilines is 1. The normalized spacial score (nSPS) is 11.7. The summed E-state index contributed by atoms with van der Waals surface area (Å²) in [6.07, 6.45) is 1.58. The Morgan fingerprint density at radius 2 is 1.97 bits per heavy atom. The number of aryl methyl sites for hydroxylation is 3. The lowest BCUT2D eigenvalue weighted by Crippen LogP contribution is -2.27. The van der Waals surface area contributed by atoms with E-state index in [0.29, 0.717) is 16.4 Å². The minimum atomic E-state index is -0.187. The zero-order chi connectivity index (χ0) is 21.7. The summed E-state index contributed by atoms with van der Waals surface area (Å²) in [4.78, 5) is 25.0. The highest BCUT2D eigenvalue weighted by Gasteiger charge is 2.14. The highest BCUT2D eigenvalue weighted by molar-refractivity contribution is 7.99. The summed E-state index contributed by atoms with van der Waals surface area (Å²) < 4.78 is 1.75. The molecule has 30 heavy (non-hydrogen) atoms. The average molecular weight is 424 g/mol. The Morgan fingerprint density at radius 3 is 2.70 bits per heavy atom. The summed E-state index contributed by atoms with van der Waals surface area (Å²) in [5.74, 6) is -0.163. The van der Waals surface area contributed by atoms with Gasteiger partial charge >= 0.3 is 0 Å². The van der Waals surface area contributed by atoms with E-state index in [9.17, 15) is 9.59 Å². The van der Waals surface area contributed by atoms with E-state index in [0.717, 1.165) is 16.7 Å². The van der Waals surface area contributed by atoms with E-state index in [2.05, 4.69) is 39.0 Å². The maximum absolute atomic E-state index is 12.7. The minimum Gasteiger partial charge on any atom is -0.346 e. The number of benzene rings is 2. The summed E-state index contributed by atoms with van der Waals surface area (Å²) in [7, 11) is 1.82. The standard InChI is InChI=1S/C22H25N5O2S/c1-14-8-9-15(2)19(10-14)16(3)24-21(29)17-6-5-7-18(11-17)25-20(28)12-30-22-26-23-13-27(22)4/h5-11,13,16H,12H2,1-4H3,(H,24,29)(H,25,28). The first kappa shape index (κ1) is 21.6. The van der Waals surface area contributed by atoms with Crippen molar-refractivity contribution in [2.24, 2.45) is 7.05 Å². The summed E-state index contributed by atoms with van der Waals surface area (Å²) in [5.41, 5.74) is 4.44. The van der Waals surface area contributed by atoms with Crippen LogP contribution in [0.2, 0.25) is 0 Å². The molecule has 3 aromatic rings. The third kappa shape index (κ3) is 5.48. The van der Waals surface area contributed by atoms with Gasteiger partial charge in [-0.3, -0.25) is 9.59 Å². The number of rotatable bonds is 7. The summed E-state index contributed by atoms with van der Waals surface area (Å²) >= 11 is 1.30. The number of hydrogen-bond acceptors (Lipinski definition) is 5. The third-order valence-electron chi connectivity index (χ3n) is 4.66. The number of thioether (sulfide) groups is 1. The van der Waals surface area contributed by atoms with Gasteiger partial charge in [0.1, 0.15) is 6.33 Å². The van der Waals surface area contributed by atoms with Gasteiger partial charge in [0.2, 0.25) is 5.91 Å². The summed E-state index contributed by atoms with van der Waals surface area (Å²) in [5, 5.41) is 14.3. The van der Waals surface area contributed by atoms with E-state index < -0.39 is 0 Å². The van der Waals surface area contributed by atoms with Gasteiger partial charge in [0, 0.05) is 18.3 Å². The molecular weight excluding hydrogens is 398 g/mol. The van der Waals surface area contributed by atoms with Crippen molar-refractivity contribution < 1.29 is 9.59 Å². The molecule has 1 heterocycles. The van der Waals surface area contributed by atoms with Crippen LogP contribution in [0, 0.1) is 13.8 Å². The van der Waals surface area contributed by atoms with Crippen LogP contribution in [0.25, 0.3) is 0 Å². The molecule has 3 rings (SSSR count). The fourth-order valence-corrected chi connectivity index (χ4v) is 3.74. The molecule has 1 aromatic heterocycles. The predicted molar refractivity (Wildman–Crippen MR) is 119 cm³/mol. The van der Waals surface area contributed by atoms with Gasteiger partial charge in [-0.05, 0) is 50.1 Å². The van der Waals surface area contributed by atoms with E-state index >= 15 is 0 Å². The van der Waals surface area contributed by atoms with Gasteiger partial charge in [-0.25, -0.2) is 0 Å². The number of carbonyl (C=O) groups is 2. The predicted octanol–water partition coefficient (Wildman–Crippen LogP) is 3.65. The topological polar surface area (TPSA) is 88.9 Å². The number of aromatic nitrogens is 3. The Hall–Kier alpha value is -3.13. The molecule has 2 N–H and O–H groups in total. The monoisotopic (exact) mass is 423 g/mol. The first-order valence-corrected chi connectivity index (χ1v) is 10.6. The molecule has 0 fully saturated rings. The van der Waals surface area contributed by atoms with Crippen LogP contribution in [-0.4, -0.2) is 32.3 Å². The molecule has 0 spiro atoms. The first-order chi connectivity index (χ1) is 14.3. The minimum absolute atomic E-state index is 0.126. The van der Waals surface area contributed by atoms with Crippen LogP contribution >= 0.6 is 11.8 Å². The maximum atomic E-state index is 12.7. The number of nitrogens with zero attached hydrogens (tertiary/aromatic N) is 3. The van der Waals surface area contributed by atoms with Crippen molar-refractivity contribution in [2.45, 2.75) is 32.0 Å². The fourth-order valence-electron chi connectivity index (χ4n) is 3.05. The third-order valence-corrected chi connectivity index (χ3v) is 5.69. The summed E-state index contributed by atoms with van der Waals surface area (Å²) in [6.45, 7) is 6.04. The number of nitrogens with one attached hydrogen (secondary N) is 2. The van der Waals surface area contributed by atoms with E-state index in [1.54, 1.807) is 35.2 Å². The van der Waals surface area contributed by atoms with Crippen LogP contribution < -0.4 is 10.6 Å². The van der Waals surface area contributed by atoms with Gasteiger partial charge < -0.3 is 15.2 Å². The lowest BCUT2D eigenvalue weighted by molar-refractivity contribution is -0.113. The first-order valence-electron chi connectivity index (χ1n) is 9.58. The van der Waals surface area contributed by atoms with Gasteiger partial charge in [-0.15, -0.1) is 10.2 Å². The molecule has 8 heteroatoms. The molecule has 0 aliphatic rings. The lowest BCUT2D eigenvalue weighted by atomic mass is 9.99. The van der Waals surface area contributed by atoms with Crippen molar-refractivity contribution in [2.75, 3.05) is 11.1 Å². The van der Waals surface area contributed by atoms with E-state index in [1.807, 2.05) is 27.8 Å². The Balaban J connectivity index is 1.61. The van der Waals surface area contributed by atoms with Crippen LogP contribution in [0.4, 0.5) is 5.69 Å². The van der Waals surface area contributed by atoms with Crippen molar-refractivity contribution in [1.82, 2.24) is 20.1 Å². The molecule has 0 aliphatic heterocycles. The molecule has 0 radical (unpaired) electrons. The lowest BCUT2D eigenvalue weighted by Gasteiger charge is -2.17. The Morgan fingerprint density at radius 1 is 1.17 bits per heavy atom. The molecule has 1 unspecified atom stereocenters. The maximum Gasteiger partial charge on any atom is 0.251 e. The molecular formula is C22H25N5O2S. The van der Waals surface area contributed by atoms with Gasteiger partial charge in [-0.1, -0.05) is 41.6 Å². The Labute approximate surface area is 180 Å². The molecule has 0 saturated heterocycles. The highest BCUT2D eigenvalue weighted by Crippen LogP contribution is 2.20. The van der Waals surface area contributed by atoms with Crippen molar-refractivity contribution in [1.29, 1.82) is 0 Å². The number of hydrogen-bond donors (Lipinski definition) is 2. The van der Waals surface area contributed by atoms with Gasteiger partial charge in [0.05, 0.1) is 11.8 Å². The Bertz CT molecular complexity index is 1060. The zero-order valence-electron chi connectivity index (χ0n) is 17.5. The molecule has 1 atom stereocenters. The molecule has 2 amide bonds. The summed E-state index contributed by atoms with van der Waals surface area (Å²) in [6, 6.07) is 13.0. The quantitative estimate of drug-likeness (QED) is 0.566. The van der Waals surface area contributed by atoms with Gasteiger partial charge in [-0.2, -0.15) is 0 Å². The van der Waals surface area contributed by atoms with E-state index in [-0.39, 0.29) is 23.6 Å². The largest absolute Gasteiger partial charge is 0.346 e. The number of amides is 2. The van der Waals surface area contributed by atoms with E-state index in [1.165, 1.54) is 11.8 Å². The Kier molecular flexibility index (Phi) is 6.89. The highest BCUT2D eigenvalue weighted by atomic mass is 32.2. The van der Waals surface area contributed by atoms with Crippen LogP contribution in [0.15, 0.2) is 53.9 Å². The van der Waals surface area contributed by atoms with Gasteiger partial charge in [0.15, 0.2) is 5.16 Å². The van der Waals surface area contributed by atoms with Crippen molar-refractivity contribution in [3.63, 3.8) is 0 Å². The van der Waals surface area contributed by atoms with Crippen LogP contribution in [0.1, 0.15) is 40.0 Å². The molecule has 2 aromatic carbocycles. The van der Waals surface area contributed by atoms with Gasteiger partial charge in [0.25, 0.3) is 5.91 Å². The smallest absolute Gasteiger partial charge is 0.251 e. The zero-order valence-corrected chi connectivity index (χ0v) is 18.3. The second-order valence-corrected chi connectivity index (χ2v) is 8.14. The SMILES string of the molecule is Cc1ccc(C)c(C(C)NC(=O)c2cccc(NC(=O)CSc3nncn3C)c2)c1. The van der Waals surface area contributed by atoms with Crippen molar-refractivity contribution in [3.05, 3.63) is 71.0 Å².